The molecule has 0 spiro atoms. The van der Waals surface area contributed by atoms with Gasteiger partial charge in [0.15, 0.2) is 5.82 Å². The van der Waals surface area contributed by atoms with Gasteiger partial charge in [-0.3, -0.25) is 4.79 Å². The monoisotopic (exact) mass is 286 g/mol. The van der Waals surface area contributed by atoms with Crippen LogP contribution in [0.1, 0.15) is 49.4 Å². The van der Waals surface area contributed by atoms with E-state index < -0.39 is 5.97 Å². The molecule has 0 bridgehead atoms. The van der Waals surface area contributed by atoms with Crippen molar-refractivity contribution in [1.29, 1.82) is 0 Å². The molecule has 1 N–H and O–H groups in total. The number of carboxylic acid groups (broad SMARTS) is 1. The summed E-state index contributed by atoms with van der Waals surface area (Å²) in [5.41, 5.74) is 1.86. The summed E-state index contributed by atoms with van der Waals surface area (Å²) in [6.45, 7) is 0. The van der Waals surface area contributed by atoms with Crippen molar-refractivity contribution in [3.05, 3.63) is 35.7 Å². The van der Waals surface area contributed by atoms with E-state index in [2.05, 4.69) is 15.5 Å². The van der Waals surface area contributed by atoms with Crippen molar-refractivity contribution in [2.45, 2.75) is 44.4 Å². The molecule has 1 aliphatic carbocycles. The molecule has 6 nitrogen and oxygen atoms in total. The van der Waals surface area contributed by atoms with Crippen LogP contribution in [-0.2, 0) is 11.2 Å². The fourth-order valence-corrected chi connectivity index (χ4v) is 2.97. The van der Waals surface area contributed by atoms with Gasteiger partial charge in [0.25, 0.3) is 0 Å². The van der Waals surface area contributed by atoms with E-state index in [9.17, 15) is 4.79 Å². The van der Waals surface area contributed by atoms with E-state index in [0.717, 1.165) is 29.9 Å². The fourth-order valence-electron chi connectivity index (χ4n) is 2.97. The number of aromatic nitrogens is 4. The maximum Gasteiger partial charge on any atom is 0.303 e. The minimum atomic E-state index is -0.794. The predicted octanol–water partition coefficient (Wildman–Crippen LogP) is 2.34. The lowest BCUT2D eigenvalue weighted by molar-refractivity contribution is -0.136. The van der Waals surface area contributed by atoms with Crippen LogP contribution in [-0.4, -0.2) is 31.3 Å². The van der Waals surface area contributed by atoms with E-state index >= 15 is 0 Å². The molecule has 0 amide bonds. The standard InChI is InChI=1S/C15H18N4O2/c20-14(21)10-9-11-5-3-4-8-13(11)19-15(16-17-18-19)12-6-1-2-7-12/h3-5,8,12H,1-2,6-7,9-10H2,(H,20,21). The van der Waals surface area contributed by atoms with Crippen LogP contribution in [0.2, 0.25) is 0 Å². The summed E-state index contributed by atoms with van der Waals surface area (Å²) in [6.07, 6.45) is 5.28. The van der Waals surface area contributed by atoms with Gasteiger partial charge in [0.1, 0.15) is 0 Å². The van der Waals surface area contributed by atoms with Crippen molar-refractivity contribution < 1.29 is 9.90 Å². The first-order valence-corrected chi connectivity index (χ1v) is 7.34. The molecule has 1 aromatic heterocycles. The highest BCUT2D eigenvalue weighted by Gasteiger charge is 2.24. The van der Waals surface area contributed by atoms with E-state index in [1.54, 1.807) is 4.68 Å². The number of benzene rings is 1. The zero-order valence-corrected chi connectivity index (χ0v) is 11.8. The molecule has 110 valence electrons. The lowest BCUT2D eigenvalue weighted by Gasteiger charge is -2.12. The number of carboxylic acids is 1. The molecule has 1 heterocycles. The Hall–Kier alpha value is -2.24. The van der Waals surface area contributed by atoms with Crippen LogP contribution in [0.4, 0.5) is 0 Å². The van der Waals surface area contributed by atoms with Crippen molar-refractivity contribution >= 4 is 5.97 Å². The third-order valence-corrected chi connectivity index (χ3v) is 4.04. The molecule has 1 aromatic carbocycles. The minimum absolute atomic E-state index is 0.109. The fraction of sp³-hybridized carbons (Fsp3) is 0.467. The number of aryl methyl sites for hydroxylation is 1. The van der Waals surface area contributed by atoms with Crippen molar-refractivity contribution in [2.24, 2.45) is 0 Å². The second-order valence-electron chi connectivity index (χ2n) is 5.45. The van der Waals surface area contributed by atoms with Gasteiger partial charge in [-0.2, -0.15) is 4.68 Å². The Balaban J connectivity index is 1.93. The Morgan fingerprint density at radius 2 is 2.05 bits per heavy atom. The first kappa shape index (κ1) is 13.7. The van der Waals surface area contributed by atoms with Crippen LogP contribution >= 0.6 is 0 Å². The molecule has 0 aliphatic heterocycles. The van der Waals surface area contributed by atoms with Gasteiger partial charge in [-0.15, -0.1) is 5.10 Å². The number of carbonyl (C=O) groups is 1. The highest BCUT2D eigenvalue weighted by Crippen LogP contribution is 2.33. The average Bonchev–Trinajstić information content (AvgIpc) is 3.15. The molecule has 0 radical (unpaired) electrons. The van der Waals surface area contributed by atoms with Crippen LogP contribution in [0.25, 0.3) is 5.69 Å². The molecule has 1 saturated carbocycles. The van der Waals surface area contributed by atoms with Crippen LogP contribution in [0.5, 0.6) is 0 Å². The van der Waals surface area contributed by atoms with Crippen molar-refractivity contribution in [3.8, 4) is 5.69 Å². The molecule has 0 unspecified atom stereocenters. The third kappa shape index (κ3) is 2.94. The Bertz CT molecular complexity index is 632. The predicted molar refractivity (Wildman–Crippen MR) is 76.3 cm³/mol. The zero-order chi connectivity index (χ0) is 14.7. The topological polar surface area (TPSA) is 80.9 Å². The summed E-state index contributed by atoms with van der Waals surface area (Å²) < 4.78 is 1.78. The number of aliphatic carboxylic acids is 1. The molecule has 1 aliphatic rings. The summed E-state index contributed by atoms with van der Waals surface area (Å²) >= 11 is 0. The molecule has 2 aromatic rings. The molecule has 3 rings (SSSR count). The van der Waals surface area contributed by atoms with Gasteiger partial charge in [0.05, 0.1) is 5.69 Å². The van der Waals surface area contributed by atoms with E-state index in [0.29, 0.717) is 12.3 Å². The van der Waals surface area contributed by atoms with E-state index in [4.69, 9.17) is 5.11 Å². The lowest BCUT2D eigenvalue weighted by Crippen LogP contribution is -2.10. The largest absolute Gasteiger partial charge is 0.481 e. The summed E-state index contributed by atoms with van der Waals surface area (Å²) in [5, 5.41) is 21.0. The Morgan fingerprint density at radius 1 is 1.29 bits per heavy atom. The van der Waals surface area contributed by atoms with Crippen LogP contribution in [0, 0.1) is 0 Å². The molecular weight excluding hydrogens is 268 g/mol. The lowest BCUT2D eigenvalue weighted by atomic mass is 10.1. The van der Waals surface area contributed by atoms with E-state index in [1.807, 2.05) is 24.3 Å². The zero-order valence-electron chi connectivity index (χ0n) is 11.8. The Morgan fingerprint density at radius 3 is 2.81 bits per heavy atom. The van der Waals surface area contributed by atoms with Crippen molar-refractivity contribution in [1.82, 2.24) is 20.2 Å². The van der Waals surface area contributed by atoms with Crippen molar-refractivity contribution in [2.75, 3.05) is 0 Å². The summed E-state index contributed by atoms with van der Waals surface area (Å²) in [5.74, 6) is 0.514. The molecule has 1 fully saturated rings. The molecule has 21 heavy (non-hydrogen) atoms. The number of nitrogens with zero attached hydrogens (tertiary/aromatic N) is 4. The number of hydrogen-bond donors (Lipinski definition) is 1. The Kier molecular flexibility index (Phi) is 3.94. The van der Waals surface area contributed by atoms with Gasteiger partial charge in [0, 0.05) is 12.3 Å². The SMILES string of the molecule is O=C(O)CCc1ccccc1-n1nnnc1C1CCCC1. The third-order valence-electron chi connectivity index (χ3n) is 4.04. The second-order valence-corrected chi connectivity index (χ2v) is 5.45. The molecular formula is C15H18N4O2. The number of para-hydroxylation sites is 1. The van der Waals surface area contributed by atoms with Crippen molar-refractivity contribution in [3.63, 3.8) is 0 Å². The van der Waals surface area contributed by atoms with Gasteiger partial charge in [-0.25, -0.2) is 0 Å². The minimum Gasteiger partial charge on any atom is -0.481 e. The maximum atomic E-state index is 10.8. The molecule has 0 saturated heterocycles. The van der Waals surface area contributed by atoms with E-state index in [1.165, 1.54) is 12.8 Å². The molecule has 6 heteroatoms. The van der Waals surface area contributed by atoms with Gasteiger partial charge in [-0.1, -0.05) is 31.0 Å². The number of hydrogen-bond acceptors (Lipinski definition) is 4. The Labute approximate surface area is 122 Å². The number of tetrazole rings is 1. The van der Waals surface area contributed by atoms with Gasteiger partial charge in [-0.05, 0) is 41.3 Å². The maximum absolute atomic E-state index is 10.8. The van der Waals surface area contributed by atoms with Crippen LogP contribution in [0.15, 0.2) is 24.3 Å². The first-order valence-electron chi connectivity index (χ1n) is 7.34. The average molecular weight is 286 g/mol. The van der Waals surface area contributed by atoms with E-state index in [-0.39, 0.29) is 6.42 Å². The highest BCUT2D eigenvalue weighted by molar-refractivity contribution is 5.67. The summed E-state index contributed by atoms with van der Waals surface area (Å²) in [4.78, 5) is 10.8. The van der Waals surface area contributed by atoms with Gasteiger partial charge < -0.3 is 5.11 Å². The second kappa shape index (κ2) is 6.03. The number of rotatable bonds is 5. The van der Waals surface area contributed by atoms with Gasteiger partial charge >= 0.3 is 5.97 Å². The van der Waals surface area contributed by atoms with Gasteiger partial charge in [0.2, 0.25) is 0 Å². The smallest absolute Gasteiger partial charge is 0.303 e. The highest BCUT2D eigenvalue weighted by atomic mass is 16.4. The quantitative estimate of drug-likeness (QED) is 0.912. The molecule has 0 atom stereocenters. The van der Waals surface area contributed by atoms with Crippen LogP contribution in [0.3, 0.4) is 0 Å². The van der Waals surface area contributed by atoms with Crippen LogP contribution < -0.4 is 0 Å². The summed E-state index contributed by atoms with van der Waals surface area (Å²) in [6, 6.07) is 7.74. The normalized spacial score (nSPS) is 15.4. The first-order chi connectivity index (χ1) is 10.3. The summed E-state index contributed by atoms with van der Waals surface area (Å²) in [7, 11) is 0.